The van der Waals surface area contributed by atoms with Crippen molar-refractivity contribution in [3.8, 4) is 0 Å². The number of nitrogens with zero attached hydrogens (tertiary/aromatic N) is 3. The molecule has 1 aromatic heterocycles. The number of hydrazone groups is 1. The Kier molecular flexibility index (Phi) is 6.58. The van der Waals surface area contributed by atoms with E-state index in [0.717, 1.165) is 42.6 Å². The van der Waals surface area contributed by atoms with Gasteiger partial charge in [0.05, 0.1) is 12.8 Å². The lowest BCUT2D eigenvalue weighted by molar-refractivity contribution is -0.122. The molecule has 7 heteroatoms. The van der Waals surface area contributed by atoms with Crippen LogP contribution in [0.2, 0.25) is 5.02 Å². The SMILES string of the molecule is O=C(CN1CCN(Cc2ccc(Cl)cc2)CC1)N/N=C\c1cccs1. The average molecular weight is 377 g/mol. The number of carbonyl (C=O) groups excluding carboxylic acids is 1. The second-order valence-corrected chi connectivity index (χ2v) is 7.40. The first kappa shape index (κ1) is 18.1. The highest BCUT2D eigenvalue weighted by atomic mass is 35.5. The molecule has 1 aliphatic heterocycles. The monoisotopic (exact) mass is 376 g/mol. The molecule has 1 amide bonds. The van der Waals surface area contributed by atoms with Crippen LogP contribution < -0.4 is 5.43 Å². The lowest BCUT2D eigenvalue weighted by Gasteiger charge is -2.34. The zero-order valence-corrected chi connectivity index (χ0v) is 15.5. The highest BCUT2D eigenvalue weighted by Gasteiger charge is 2.18. The van der Waals surface area contributed by atoms with E-state index in [9.17, 15) is 4.79 Å². The number of carbonyl (C=O) groups is 1. The van der Waals surface area contributed by atoms with E-state index in [1.54, 1.807) is 17.6 Å². The third kappa shape index (κ3) is 5.93. The smallest absolute Gasteiger partial charge is 0.254 e. The average Bonchev–Trinajstić information content (AvgIpc) is 3.12. The zero-order chi connectivity index (χ0) is 17.5. The van der Waals surface area contributed by atoms with Gasteiger partial charge in [0.25, 0.3) is 5.91 Å². The van der Waals surface area contributed by atoms with E-state index in [2.05, 4.69) is 32.5 Å². The van der Waals surface area contributed by atoms with E-state index in [-0.39, 0.29) is 5.91 Å². The minimum Gasteiger partial charge on any atom is -0.297 e. The van der Waals surface area contributed by atoms with Crippen LogP contribution in [0.5, 0.6) is 0 Å². The Morgan fingerprint density at radius 1 is 1.16 bits per heavy atom. The van der Waals surface area contributed by atoms with Crippen molar-refractivity contribution in [2.24, 2.45) is 5.10 Å². The third-order valence-electron chi connectivity index (χ3n) is 4.08. The Bertz CT molecular complexity index is 694. The molecule has 3 rings (SSSR count). The maximum atomic E-state index is 12.0. The van der Waals surface area contributed by atoms with Crippen LogP contribution in [0.3, 0.4) is 0 Å². The number of piperazine rings is 1. The quantitative estimate of drug-likeness (QED) is 0.623. The molecule has 0 radical (unpaired) electrons. The van der Waals surface area contributed by atoms with Gasteiger partial charge in [-0.05, 0) is 29.1 Å². The number of thiophene rings is 1. The molecular formula is C18H21ClN4OS. The molecule has 132 valence electrons. The molecule has 25 heavy (non-hydrogen) atoms. The van der Waals surface area contributed by atoms with Gasteiger partial charge in [-0.2, -0.15) is 5.10 Å². The van der Waals surface area contributed by atoms with Crippen molar-refractivity contribution in [1.82, 2.24) is 15.2 Å². The summed E-state index contributed by atoms with van der Waals surface area (Å²) in [5.74, 6) is -0.0704. The van der Waals surface area contributed by atoms with Gasteiger partial charge in [-0.3, -0.25) is 14.6 Å². The van der Waals surface area contributed by atoms with Gasteiger partial charge in [-0.25, -0.2) is 5.43 Å². The van der Waals surface area contributed by atoms with Crippen LogP contribution in [0.25, 0.3) is 0 Å². The summed E-state index contributed by atoms with van der Waals surface area (Å²) in [7, 11) is 0. The third-order valence-corrected chi connectivity index (χ3v) is 5.13. The lowest BCUT2D eigenvalue weighted by Crippen LogP contribution is -2.48. The van der Waals surface area contributed by atoms with Crippen LogP contribution in [0.4, 0.5) is 0 Å². The summed E-state index contributed by atoms with van der Waals surface area (Å²) in [6.45, 7) is 4.98. The number of rotatable bonds is 6. The van der Waals surface area contributed by atoms with Crippen molar-refractivity contribution in [2.45, 2.75) is 6.54 Å². The Morgan fingerprint density at radius 2 is 1.88 bits per heavy atom. The summed E-state index contributed by atoms with van der Waals surface area (Å²) in [5, 5.41) is 6.74. The maximum absolute atomic E-state index is 12.0. The normalized spacial score (nSPS) is 16.4. The van der Waals surface area contributed by atoms with Crippen molar-refractivity contribution >= 4 is 35.1 Å². The van der Waals surface area contributed by atoms with Gasteiger partial charge >= 0.3 is 0 Å². The van der Waals surface area contributed by atoms with E-state index in [4.69, 9.17) is 11.6 Å². The molecule has 2 aromatic rings. The molecule has 1 aromatic carbocycles. The fourth-order valence-electron chi connectivity index (χ4n) is 2.72. The second-order valence-electron chi connectivity index (χ2n) is 5.99. The number of halogens is 1. The molecule has 0 unspecified atom stereocenters. The van der Waals surface area contributed by atoms with Crippen LogP contribution in [0, 0.1) is 0 Å². The van der Waals surface area contributed by atoms with E-state index in [1.807, 2.05) is 29.6 Å². The van der Waals surface area contributed by atoms with Crippen molar-refractivity contribution in [2.75, 3.05) is 32.7 Å². The zero-order valence-electron chi connectivity index (χ0n) is 13.9. The van der Waals surface area contributed by atoms with Crippen molar-refractivity contribution in [3.05, 3.63) is 57.2 Å². The molecule has 2 heterocycles. The topological polar surface area (TPSA) is 47.9 Å². The molecule has 1 aliphatic rings. The summed E-state index contributed by atoms with van der Waals surface area (Å²) in [6.07, 6.45) is 1.67. The number of amides is 1. The first-order chi connectivity index (χ1) is 12.2. The summed E-state index contributed by atoms with van der Waals surface area (Å²) in [4.78, 5) is 17.5. The van der Waals surface area contributed by atoms with E-state index in [1.165, 1.54) is 5.56 Å². The molecule has 0 bridgehead atoms. The van der Waals surface area contributed by atoms with E-state index < -0.39 is 0 Å². The second kappa shape index (κ2) is 9.10. The van der Waals surface area contributed by atoms with Gasteiger partial charge in [0.15, 0.2) is 0 Å². The molecule has 1 saturated heterocycles. The van der Waals surface area contributed by atoms with Crippen LogP contribution in [0.15, 0.2) is 46.9 Å². The predicted octanol–water partition coefficient (Wildman–Crippen LogP) is 2.67. The minimum absolute atomic E-state index is 0.0704. The molecule has 0 spiro atoms. The standard InChI is InChI=1S/C18H21ClN4OS/c19-16-5-3-15(4-6-16)13-22-7-9-23(10-8-22)14-18(24)21-20-12-17-2-1-11-25-17/h1-6,11-12H,7-10,13-14H2,(H,21,24)/b20-12-. The van der Waals surface area contributed by atoms with Crippen LogP contribution in [-0.2, 0) is 11.3 Å². The van der Waals surface area contributed by atoms with Crippen molar-refractivity contribution in [1.29, 1.82) is 0 Å². The maximum Gasteiger partial charge on any atom is 0.254 e. The summed E-state index contributed by atoms with van der Waals surface area (Å²) < 4.78 is 0. The largest absolute Gasteiger partial charge is 0.297 e. The van der Waals surface area contributed by atoms with Crippen LogP contribution in [0.1, 0.15) is 10.4 Å². The number of benzene rings is 1. The Morgan fingerprint density at radius 3 is 2.56 bits per heavy atom. The molecular weight excluding hydrogens is 356 g/mol. The van der Waals surface area contributed by atoms with Gasteiger partial charge in [-0.1, -0.05) is 29.8 Å². The fourth-order valence-corrected chi connectivity index (χ4v) is 3.44. The number of hydrogen-bond donors (Lipinski definition) is 1. The lowest BCUT2D eigenvalue weighted by atomic mass is 10.2. The highest BCUT2D eigenvalue weighted by Crippen LogP contribution is 2.12. The number of hydrogen-bond acceptors (Lipinski definition) is 5. The van der Waals surface area contributed by atoms with Gasteiger partial charge in [-0.15, -0.1) is 11.3 Å². The first-order valence-electron chi connectivity index (χ1n) is 8.23. The van der Waals surface area contributed by atoms with Crippen molar-refractivity contribution < 1.29 is 4.79 Å². The molecule has 1 fully saturated rings. The highest BCUT2D eigenvalue weighted by molar-refractivity contribution is 7.11. The predicted molar refractivity (Wildman–Crippen MR) is 103 cm³/mol. The summed E-state index contributed by atoms with van der Waals surface area (Å²) >= 11 is 7.51. The van der Waals surface area contributed by atoms with Gasteiger partial charge in [0.1, 0.15) is 0 Å². The molecule has 0 atom stereocenters. The first-order valence-corrected chi connectivity index (χ1v) is 9.49. The fraction of sp³-hybridized carbons (Fsp3) is 0.333. The number of nitrogens with one attached hydrogen (secondary N) is 1. The van der Waals surface area contributed by atoms with E-state index >= 15 is 0 Å². The summed E-state index contributed by atoms with van der Waals surface area (Å²) in [6, 6.07) is 11.9. The van der Waals surface area contributed by atoms with E-state index in [0.29, 0.717) is 6.54 Å². The van der Waals surface area contributed by atoms with Gasteiger partial charge in [0, 0.05) is 42.6 Å². The Balaban J connectivity index is 1.37. The van der Waals surface area contributed by atoms with Gasteiger partial charge in [0.2, 0.25) is 0 Å². The van der Waals surface area contributed by atoms with Crippen LogP contribution >= 0.6 is 22.9 Å². The molecule has 1 N–H and O–H groups in total. The van der Waals surface area contributed by atoms with Gasteiger partial charge < -0.3 is 0 Å². The van der Waals surface area contributed by atoms with Crippen molar-refractivity contribution in [3.63, 3.8) is 0 Å². The molecule has 0 aliphatic carbocycles. The Labute approximate surface area is 156 Å². The van der Waals surface area contributed by atoms with Crippen LogP contribution in [-0.4, -0.2) is 54.6 Å². The Hall–Kier alpha value is -1.73. The molecule has 0 saturated carbocycles. The minimum atomic E-state index is -0.0704. The summed E-state index contributed by atoms with van der Waals surface area (Å²) in [5.41, 5.74) is 3.86. The molecule has 5 nitrogen and oxygen atoms in total.